The van der Waals surface area contributed by atoms with E-state index in [0.717, 1.165) is 22.0 Å². The van der Waals surface area contributed by atoms with Crippen LogP contribution in [0.15, 0.2) is 54.2 Å². The largest absolute Gasteiger partial charge is 0.487 e. The Bertz CT molecular complexity index is 927. The van der Waals surface area contributed by atoms with E-state index in [9.17, 15) is 4.79 Å². The Kier molecular flexibility index (Phi) is 7.08. The molecule has 0 aliphatic rings. The average Bonchev–Trinajstić information content (AvgIpc) is 3.14. The molecule has 1 amide bonds. The number of rotatable bonds is 9. The monoisotopic (exact) mass is 395 g/mol. The smallest absolute Gasteiger partial charge is 0.244 e. The number of benzene rings is 1. The number of nitrogens with zero attached hydrogens (tertiary/aromatic N) is 3. The van der Waals surface area contributed by atoms with Gasteiger partial charge in [-0.3, -0.25) is 4.79 Å². The molecule has 0 bridgehead atoms. The third kappa shape index (κ3) is 6.48. The van der Waals surface area contributed by atoms with E-state index in [-0.39, 0.29) is 5.91 Å². The minimum atomic E-state index is -0.167. The maximum atomic E-state index is 11.9. The Morgan fingerprint density at radius 2 is 2.07 bits per heavy atom. The van der Waals surface area contributed by atoms with Gasteiger partial charge in [-0.15, -0.1) is 11.3 Å². The lowest BCUT2D eigenvalue weighted by molar-refractivity contribution is -0.116. The summed E-state index contributed by atoms with van der Waals surface area (Å²) in [5, 5.41) is 8.84. The van der Waals surface area contributed by atoms with Crippen LogP contribution in [-0.2, 0) is 11.4 Å². The van der Waals surface area contributed by atoms with Crippen LogP contribution in [0.2, 0.25) is 0 Å². The molecule has 3 aromatic rings. The Morgan fingerprint density at radius 3 is 2.86 bits per heavy atom. The summed E-state index contributed by atoms with van der Waals surface area (Å²) in [5.41, 5.74) is 1.80. The SMILES string of the molecule is Cc1nc(COc2cccc(/C=C/C(=O)NCCNc3ncccn3)c2)cs1. The molecule has 2 aromatic heterocycles. The molecule has 144 valence electrons. The predicted octanol–water partition coefficient (Wildman–Crippen LogP) is 3.06. The van der Waals surface area contributed by atoms with Crippen LogP contribution in [0.4, 0.5) is 5.95 Å². The standard InChI is InChI=1S/C20H21N5O2S/c1-15-25-17(14-28-15)13-27-18-5-2-4-16(12-18)6-7-19(26)21-10-11-24-20-22-8-3-9-23-20/h2-9,12,14H,10-11,13H2,1H3,(H,21,26)(H,22,23,24)/b7-6+. The first-order valence-corrected chi connectivity index (χ1v) is 9.68. The Balaban J connectivity index is 1.42. The van der Waals surface area contributed by atoms with Crippen molar-refractivity contribution >= 4 is 29.3 Å². The zero-order chi connectivity index (χ0) is 19.6. The minimum Gasteiger partial charge on any atom is -0.487 e. The number of hydrogen-bond donors (Lipinski definition) is 2. The second-order valence-electron chi connectivity index (χ2n) is 5.84. The van der Waals surface area contributed by atoms with Gasteiger partial charge in [0.25, 0.3) is 0 Å². The van der Waals surface area contributed by atoms with Crippen molar-refractivity contribution in [1.82, 2.24) is 20.3 Å². The number of carbonyl (C=O) groups is 1. The lowest BCUT2D eigenvalue weighted by Gasteiger charge is -2.05. The van der Waals surface area contributed by atoms with Crippen LogP contribution in [0, 0.1) is 6.92 Å². The Hall–Kier alpha value is -3.26. The molecular weight excluding hydrogens is 374 g/mol. The second kappa shape index (κ2) is 10.2. The highest BCUT2D eigenvalue weighted by atomic mass is 32.1. The van der Waals surface area contributed by atoms with Crippen LogP contribution >= 0.6 is 11.3 Å². The maximum Gasteiger partial charge on any atom is 0.244 e. The Morgan fingerprint density at radius 1 is 1.21 bits per heavy atom. The molecule has 3 rings (SSSR count). The van der Waals surface area contributed by atoms with E-state index in [1.165, 1.54) is 6.08 Å². The van der Waals surface area contributed by atoms with Crippen LogP contribution in [0.5, 0.6) is 5.75 Å². The number of thiazole rings is 1. The van der Waals surface area contributed by atoms with Crippen LogP contribution in [0.1, 0.15) is 16.3 Å². The summed E-state index contributed by atoms with van der Waals surface area (Å²) in [6.07, 6.45) is 6.57. The van der Waals surface area contributed by atoms with Gasteiger partial charge in [0.2, 0.25) is 11.9 Å². The number of aryl methyl sites for hydroxylation is 1. The van der Waals surface area contributed by atoms with Gasteiger partial charge in [-0.05, 0) is 36.8 Å². The number of nitrogens with one attached hydrogen (secondary N) is 2. The van der Waals surface area contributed by atoms with E-state index in [1.54, 1.807) is 35.9 Å². The van der Waals surface area contributed by atoms with E-state index in [0.29, 0.717) is 25.6 Å². The topological polar surface area (TPSA) is 89.0 Å². The molecule has 0 spiro atoms. The van der Waals surface area contributed by atoms with Gasteiger partial charge >= 0.3 is 0 Å². The summed E-state index contributed by atoms with van der Waals surface area (Å²) < 4.78 is 5.76. The molecule has 8 heteroatoms. The first-order chi connectivity index (χ1) is 13.7. The molecule has 0 aliphatic heterocycles. The summed E-state index contributed by atoms with van der Waals surface area (Å²) in [7, 11) is 0. The van der Waals surface area contributed by atoms with Crippen molar-refractivity contribution in [3.8, 4) is 5.75 Å². The van der Waals surface area contributed by atoms with Gasteiger partial charge < -0.3 is 15.4 Å². The van der Waals surface area contributed by atoms with Gasteiger partial charge in [-0.25, -0.2) is 15.0 Å². The summed E-state index contributed by atoms with van der Waals surface area (Å²) >= 11 is 1.60. The molecule has 28 heavy (non-hydrogen) atoms. The highest BCUT2D eigenvalue weighted by Gasteiger charge is 2.01. The van der Waals surface area contributed by atoms with Gasteiger partial charge in [-0.2, -0.15) is 0 Å². The average molecular weight is 395 g/mol. The fourth-order valence-electron chi connectivity index (χ4n) is 2.32. The zero-order valence-electron chi connectivity index (χ0n) is 15.5. The molecule has 2 heterocycles. The summed E-state index contributed by atoms with van der Waals surface area (Å²) in [6, 6.07) is 9.32. The third-order valence-electron chi connectivity index (χ3n) is 3.61. The lowest BCUT2D eigenvalue weighted by Crippen LogP contribution is -2.27. The number of aromatic nitrogens is 3. The van der Waals surface area contributed by atoms with Gasteiger partial charge in [0.15, 0.2) is 0 Å². The molecule has 0 aliphatic carbocycles. The second-order valence-corrected chi connectivity index (χ2v) is 6.90. The summed E-state index contributed by atoms with van der Waals surface area (Å²) in [4.78, 5) is 24.4. The number of anilines is 1. The van der Waals surface area contributed by atoms with Gasteiger partial charge in [-0.1, -0.05) is 12.1 Å². The van der Waals surface area contributed by atoms with Crippen molar-refractivity contribution in [2.45, 2.75) is 13.5 Å². The minimum absolute atomic E-state index is 0.167. The summed E-state index contributed by atoms with van der Waals surface area (Å²) in [5.74, 6) is 1.11. The number of carbonyl (C=O) groups excluding carboxylic acids is 1. The van der Waals surface area contributed by atoms with Crippen LogP contribution < -0.4 is 15.4 Å². The van der Waals surface area contributed by atoms with E-state index >= 15 is 0 Å². The molecule has 2 N–H and O–H groups in total. The third-order valence-corrected chi connectivity index (χ3v) is 4.43. The lowest BCUT2D eigenvalue weighted by atomic mass is 10.2. The van der Waals surface area contributed by atoms with Gasteiger partial charge in [0.1, 0.15) is 12.4 Å². The van der Waals surface area contributed by atoms with Crippen molar-refractivity contribution in [2.75, 3.05) is 18.4 Å². The molecule has 0 unspecified atom stereocenters. The highest BCUT2D eigenvalue weighted by molar-refractivity contribution is 7.09. The number of amides is 1. The molecule has 0 saturated heterocycles. The van der Waals surface area contributed by atoms with Gasteiger partial charge in [0, 0.05) is 36.9 Å². The van der Waals surface area contributed by atoms with Crippen LogP contribution in [-0.4, -0.2) is 33.9 Å². The molecule has 1 aromatic carbocycles. The first-order valence-electron chi connectivity index (χ1n) is 8.80. The molecule has 7 nitrogen and oxygen atoms in total. The fraction of sp³-hybridized carbons (Fsp3) is 0.200. The van der Waals surface area contributed by atoms with Crippen molar-refractivity contribution < 1.29 is 9.53 Å². The van der Waals surface area contributed by atoms with E-state index in [4.69, 9.17) is 4.74 Å². The van der Waals surface area contributed by atoms with Crippen molar-refractivity contribution in [2.24, 2.45) is 0 Å². The van der Waals surface area contributed by atoms with Crippen LogP contribution in [0.25, 0.3) is 6.08 Å². The van der Waals surface area contributed by atoms with Crippen LogP contribution in [0.3, 0.4) is 0 Å². The Labute approximate surface area is 167 Å². The molecular formula is C20H21N5O2S. The highest BCUT2D eigenvalue weighted by Crippen LogP contribution is 2.17. The van der Waals surface area contributed by atoms with Crippen molar-refractivity contribution in [1.29, 1.82) is 0 Å². The molecule has 0 atom stereocenters. The van der Waals surface area contributed by atoms with Crippen molar-refractivity contribution in [3.63, 3.8) is 0 Å². The van der Waals surface area contributed by atoms with Crippen molar-refractivity contribution in [3.05, 3.63) is 70.4 Å². The van der Waals surface area contributed by atoms with E-state index in [2.05, 4.69) is 25.6 Å². The van der Waals surface area contributed by atoms with E-state index < -0.39 is 0 Å². The summed E-state index contributed by atoms with van der Waals surface area (Å²) in [6.45, 7) is 3.41. The number of ether oxygens (including phenoxy) is 1. The number of hydrogen-bond acceptors (Lipinski definition) is 7. The van der Waals surface area contributed by atoms with Gasteiger partial charge in [0.05, 0.1) is 10.7 Å². The first kappa shape index (κ1) is 19.5. The molecule has 0 saturated carbocycles. The molecule has 0 fully saturated rings. The maximum absolute atomic E-state index is 11.9. The normalized spacial score (nSPS) is 10.8. The van der Waals surface area contributed by atoms with E-state index in [1.807, 2.05) is 36.6 Å². The fourth-order valence-corrected chi connectivity index (χ4v) is 2.92. The zero-order valence-corrected chi connectivity index (χ0v) is 16.3. The molecule has 0 radical (unpaired) electrons. The quantitative estimate of drug-likeness (QED) is 0.428. The predicted molar refractivity (Wildman–Crippen MR) is 110 cm³/mol.